The molecule has 1 amide bonds. The minimum atomic E-state index is -1.19. The summed E-state index contributed by atoms with van der Waals surface area (Å²) in [5.41, 5.74) is 0.958. The van der Waals surface area contributed by atoms with Crippen LogP contribution in [0.5, 0.6) is 0 Å². The second kappa shape index (κ2) is 13.4. The van der Waals surface area contributed by atoms with Crippen molar-refractivity contribution in [2.45, 2.75) is 69.3 Å². The minimum Gasteiger partial charge on any atom is -0.498 e. The maximum atomic E-state index is 13.7. The summed E-state index contributed by atoms with van der Waals surface area (Å²) in [6.45, 7) is 7.31. The predicted molar refractivity (Wildman–Crippen MR) is 141 cm³/mol. The molecule has 1 N–H and O–H groups in total. The van der Waals surface area contributed by atoms with Crippen molar-refractivity contribution in [1.29, 1.82) is 0 Å². The highest BCUT2D eigenvalue weighted by atomic mass is 32.2. The Kier molecular flexibility index (Phi) is 10.3. The van der Waals surface area contributed by atoms with Gasteiger partial charge in [-0.2, -0.15) is 0 Å². The van der Waals surface area contributed by atoms with Gasteiger partial charge in [0.05, 0.1) is 22.7 Å². The molecule has 1 aromatic carbocycles. The Labute approximate surface area is 221 Å². The lowest BCUT2D eigenvalue weighted by Crippen LogP contribution is -2.46. The van der Waals surface area contributed by atoms with E-state index in [9.17, 15) is 19.2 Å². The van der Waals surface area contributed by atoms with Crippen molar-refractivity contribution in [1.82, 2.24) is 15.3 Å². The van der Waals surface area contributed by atoms with E-state index >= 15 is 0 Å². The number of nitrogens with one attached hydrogen (secondary N) is 1. The molecule has 196 valence electrons. The number of nitrogens with zero attached hydrogens (tertiary/aromatic N) is 2. The van der Waals surface area contributed by atoms with Gasteiger partial charge in [0.15, 0.2) is 5.78 Å². The summed E-state index contributed by atoms with van der Waals surface area (Å²) >= 11 is 1.17. The van der Waals surface area contributed by atoms with E-state index in [1.165, 1.54) is 30.4 Å². The van der Waals surface area contributed by atoms with Crippen molar-refractivity contribution in [3.63, 3.8) is 0 Å². The lowest BCUT2D eigenvalue weighted by Gasteiger charge is -2.29. The van der Waals surface area contributed by atoms with Crippen LogP contribution < -0.4 is 5.32 Å². The van der Waals surface area contributed by atoms with E-state index in [0.29, 0.717) is 6.42 Å². The van der Waals surface area contributed by atoms with E-state index < -0.39 is 47.3 Å². The average Bonchev–Trinajstić information content (AvgIpc) is 2.87. The van der Waals surface area contributed by atoms with Crippen LogP contribution in [0.4, 0.5) is 0 Å². The Hall–Kier alpha value is -3.21. The van der Waals surface area contributed by atoms with Crippen LogP contribution in [0.15, 0.2) is 48.9 Å². The highest BCUT2D eigenvalue weighted by molar-refractivity contribution is 8.01. The summed E-state index contributed by atoms with van der Waals surface area (Å²) in [4.78, 5) is 59.6. The Morgan fingerprint density at radius 3 is 2.27 bits per heavy atom. The average molecular weight is 525 g/mol. The van der Waals surface area contributed by atoms with E-state index in [1.54, 1.807) is 13.8 Å². The zero-order valence-electron chi connectivity index (χ0n) is 21.5. The minimum absolute atomic E-state index is 0.0580. The number of ketones is 1. The molecule has 1 fully saturated rings. The molecule has 2 aromatic rings. The molecule has 1 saturated heterocycles. The molecule has 0 unspecified atom stereocenters. The normalized spacial score (nSPS) is 19.8. The number of rotatable bonds is 10. The van der Waals surface area contributed by atoms with Gasteiger partial charge in [-0.05, 0) is 38.2 Å². The van der Waals surface area contributed by atoms with Crippen molar-refractivity contribution in [2.24, 2.45) is 5.92 Å². The first-order valence-corrected chi connectivity index (χ1v) is 13.3. The van der Waals surface area contributed by atoms with E-state index in [1.807, 2.05) is 44.2 Å². The lowest BCUT2D eigenvalue weighted by atomic mass is 9.64. The molecule has 1 aliphatic rings. The first-order chi connectivity index (χ1) is 17.6. The molecular weight excluding hydrogens is 493 g/mol. The second-order valence-electron chi connectivity index (χ2n) is 9.53. The number of benzene rings is 1. The van der Waals surface area contributed by atoms with Crippen LogP contribution >= 0.6 is 11.8 Å². The number of hydrogen-bond donors (Lipinski definition) is 1. The van der Waals surface area contributed by atoms with Gasteiger partial charge in [0, 0.05) is 24.6 Å². The number of thioether (sulfide) groups is 1. The molecule has 3 rings (SSSR count). The molecular formula is C26H32BN3O6S. The molecule has 9 nitrogen and oxygen atoms in total. The Bertz CT molecular complexity index is 1070. The second-order valence-corrected chi connectivity index (χ2v) is 11.2. The third-order valence-electron chi connectivity index (χ3n) is 5.93. The third kappa shape index (κ3) is 8.41. The molecule has 2 heterocycles. The maximum Gasteiger partial charge on any atom is 0.602 e. The Balaban J connectivity index is 1.84. The fourth-order valence-corrected chi connectivity index (χ4v) is 5.04. The summed E-state index contributed by atoms with van der Waals surface area (Å²) in [5, 5.41) is 1.70. The van der Waals surface area contributed by atoms with Crippen molar-refractivity contribution in [3.8, 4) is 0 Å². The van der Waals surface area contributed by atoms with Gasteiger partial charge in [-0.1, -0.05) is 44.2 Å². The summed E-state index contributed by atoms with van der Waals surface area (Å²) < 4.78 is 11.1. The van der Waals surface area contributed by atoms with E-state index in [2.05, 4.69) is 15.3 Å². The summed E-state index contributed by atoms with van der Waals surface area (Å²) in [6.07, 6.45) is 4.86. The van der Waals surface area contributed by atoms with Gasteiger partial charge in [0.2, 0.25) is 0 Å². The number of carbonyl (C=O) groups is 4. The zero-order chi connectivity index (χ0) is 26.9. The standard InChI is InChI=1S/C26H32BN3O6S/c1-16(2)12-20(27-35-25(33)17(3)37-18(4)26(34)36-27)14-23(31)21(13-19-8-6-5-7-9-19)30-24(32)22-15-28-10-11-29-22/h5-11,15-18,20-21H,12-14H2,1-4H3,(H,30,32)/t17-,18-,20+,21-/m0/s1. The van der Waals surface area contributed by atoms with E-state index in [0.717, 1.165) is 5.56 Å². The van der Waals surface area contributed by atoms with Crippen LogP contribution in [-0.2, 0) is 30.1 Å². The van der Waals surface area contributed by atoms with Crippen LogP contribution in [0, 0.1) is 5.92 Å². The van der Waals surface area contributed by atoms with Crippen molar-refractivity contribution < 1.29 is 28.5 Å². The van der Waals surface area contributed by atoms with Crippen molar-refractivity contribution in [2.75, 3.05) is 0 Å². The van der Waals surface area contributed by atoms with Gasteiger partial charge in [0.25, 0.3) is 5.91 Å². The van der Waals surface area contributed by atoms with Crippen molar-refractivity contribution >= 4 is 42.5 Å². The molecule has 0 radical (unpaired) electrons. The van der Waals surface area contributed by atoms with E-state index in [4.69, 9.17) is 9.31 Å². The number of carbonyl (C=O) groups excluding carboxylic acids is 4. The largest absolute Gasteiger partial charge is 0.602 e. The Morgan fingerprint density at radius 2 is 1.70 bits per heavy atom. The van der Waals surface area contributed by atoms with Crippen LogP contribution in [0.3, 0.4) is 0 Å². The van der Waals surface area contributed by atoms with Gasteiger partial charge in [-0.15, -0.1) is 11.8 Å². The number of aromatic nitrogens is 2. The SMILES string of the molecule is CC(C)C[C@H](CC(=O)[C@H](Cc1ccccc1)NC(=O)c1cnccn1)B1OC(=O)[C@H](C)S[C@@H](C)C(=O)O1. The first-order valence-electron chi connectivity index (χ1n) is 12.3. The molecule has 4 atom stereocenters. The van der Waals surface area contributed by atoms with Gasteiger partial charge < -0.3 is 14.6 Å². The lowest BCUT2D eigenvalue weighted by molar-refractivity contribution is -0.141. The van der Waals surface area contributed by atoms with Crippen molar-refractivity contribution in [3.05, 3.63) is 60.2 Å². The molecule has 1 aliphatic heterocycles. The smallest absolute Gasteiger partial charge is 0.498 e. The van der Waals surface area contributed by atoms with Crippen LogP contribution in [-0.4, -0.2) is 57.3 Å². The molecule has 1 aromatic heterocycles. The topological polar surface area (TPSA) is 125 Å². The molecule has 0 aliphatic carbocycles. The molecule has 0 spiro atoms. The van der Waals surface area contributed by atoms with Gasteiger partial charge >= 0.3 is 19.1 Å². The zero-order valence-corrected chi connectivity index (χ0v) is 22.3. The molecule has 0 bridgehead atoms. The quantitative estimate of drug-likeness (QED) is 0.465. The summed E-state index contributed by atoms with van der Waals surface area (Å²) in [5.74, 6) is -2.22. The van der Waals surface area contributed by atoms with Gasteiger partial charge in [-0.3, -0.25) is 24.2 Å². The first kappa shape index (κ1) is 28.4. The fraction of sp³-hybridized carbons (Fsp3) is 0.462. The third-order valence-corrected chi connectivity index (χ3v) is 7.13. The maximum absolute atomic E-state index is 13.7. The van der Waals surface area contributed by atoms with Crippen LogP contribution in [0.25, 0.3) is 0 Å². The highest BCUT2D eigenvalue weighted by Crippen LogP contribution is 2.31. The number of hydrogen-bond acceptors (Lipinski definition) is 9. The Morgan fingerprint density at radius 1 is 1.05 bits per heavy atom. The highest BCUT2D eigenvalue weighted by Gasteiger charge is 2.44. The van der Waals surface area contributed by atoms with Gasteiger partial charge in [0.1, 0.15) is 5.69 Å². The monoisotopic (exact) mass is 525 g/mol. The molecule has 11 heteroatoms. The van der Waals surface area contributed by atoms with E-state index in [-0.39, 0.29) is 30.2 Å². The van der Waals surface area contributed by atoms with Crippen LogP contribution in [0.1, 0.15) is 56.6 Å². The fourth-order valence-electron chi connectivity index (χ4n) is 4.09. The van der Waals surface area contributed by atoms with Gasteiger partial charge in [-0.25, -0.2) is 4.98 Å². The predicted octanol–water partition coefficient (Wildman–Crippen LogP) is 3.29. The molecule has 37 heavy (non-hydrogen) atoms. The summed E-state index contributed by atoms with van der Waals surface area (Å²) in [7, 11) is -1.19. The summed E-state index contributed by atoms with van der Waals surface area (Å²) in [6, 6.07) is 8.46. The molecule has 0 saturated carbocycles. The number of Topliss-reactive ketones (excluding diaryl/α,β-unsaturated/α-hetero) is 1. The number of amides is 1. The van der Waals surface area contributed by atoms with Crippen LogP contribution in [0.2, 0.25) is 5.82 Å².